The van der Waals surface area contributed by atoms with Gasteiger partial charge in [-0.3, -0.25) is 0 Å². The summed E-state index contributed by atoms with van der Waals surface area (Å²) in [6.45, 7) is 0. The highest BCUT2D eigenvalue weighted by molar-refractivity contribution is 6.35. The number of fused-ring (bicyclic) bond motifs is 1. The van der Waals surface area contributed by atoms with Gasteiger partial charge in [0.05, 0.1) is 16.1 Å². The van der Waals surface area contributed by atoms with Crippen molar-refractivity contribution >= 4 is 34.2 Å². The number of hydrogen-bond acceptors (Lipinski definition) is 2. The van der Waals surface area contributed by atoms with Crippen LogP contribution in [-0.4, -0.2) is 9.97 Å². The highest BCUT2D eigenvalue weighted by atomic mass is 35.5. The largest absolute Gasteiger partial charge is 0.243 e. The maximum absolute atomic E-state index is 6.18. The Morgan fingerprint density at radius 2 is 1.33 bits per heavy atom. The maximum Gasteiger partial charge on any atom is 0.156 e. The Hall–Kier alpha value is -1.64. The Bertz CT molecular complexity index is 726. The zero-order valence-electron chi connectivity index (χ0n) is 9.27. The molecule has 88 valence electrons. The number of rotatable bonds is 1. The first-order chi connectivity index (χ1) is 8.75. The molecule has 0 N–H and O–H groups in total. The van der Waals surface area contributed by atoms with Crippen LogP contribution in [0.1, 0.15) is 0 Å². The first-order valence-electron chi connectivity index (χ1n) is 5.43. The van der Waals surface area contributed by atoms with E-state index in [1.54, 1.807) is 0 Å². The number of halogens is 2. The Labute approximate surface area is 114 Å². The Morgan fingerprint density at radius 3 is 2.06 bits per heavy atom. The van der Waals surface area contributed by atoms with Gasteiger partial charge in [0.15, 0.2) is 5.15 Å². The van der Waals surface area contributed by atoms with Crippen molar-refractivity contribution < 1.29 is 0 Å². The maximum atomic E-state index is 6.18. The van der Waals surface area contributed by atoms with Crippen molar-refractivity contribution in [3.8, 4) is 11.3 Å². The predicted octanol–water partition coefficient (Wildman–Crippen LogP) is 4.60. The van der Waals surface area contributed by atoms with Crippen LogP contribution in [0.2, 0.25) is 10.2 Å². The quantitative estimate of drug-likeness (QED) is 0.648. The van der Waals surface area contributed by atoms with Gasteiger partial charge < -0.3 is 0 Å². The summed E-state index contributed by atoms with van der Waals surface area (Å²) in [5.41, 5.74) is 2.98. The Kier molecular flexibility index (Phi) is 2.90. The summed E-state index contributed by atoms with van der Waals surface area (Å²) in [4.78, 5) is 8.86. The van der Waals surface area contributed by atoms with Gasteiger partial charge in [0.2, 0.25) is 0 Å². The fraction of sp³-hybridized carbons (Fsp3) is 0. The molecular formula is C14H8Cl2N2. The number of nitrogens with zero attached hydrogens (tertiary/aromatic N) is 2. The molecule has 0 aliphatic rings. The molecule has 0 aliphatic carbocycles. The van der Waals surface area contributed by atoms with Crippen LogP contribution in [0.3, 0.4) is 0 Å². The molecule has 0 saturated heterocycles. The average molecular weight is 275 g/mol. The van der Waals surface area contributed by atoms with E-state index >= 15 is 0 Å². The fourth-order valence-electron chi connectivity index (χ4n) is 1.80. The lowest BCUT2D eigenvalue weighted by Gasteiger charge is -2.06. The molecule has 0 aliphatic heterocycles. The molecule has 3 aromatic rings. The molecule has 18 heavy (non-hydrogen) atoms. The molecule has 2 nitrogen and oxygen atoms in total. The van der Waals surface area contributed by atoms with Crippen LogP contribution in [0.4, 0.5) is 0 Å². The van der Waals surface area contributed by atoms with E-state index in [2.05, 4.69) is 9.97 Å². The van der Waals surface area contributed by atoms with Crippen molar-refractivity contribution in [1.82, 2.24) is 9.97 Å². The van der Waals surface area contributed by atoms with E-state index in [4.69, 9.17) is 23.2 Å². The van der Waals surface area contributed by atoms with Crippen LogP contribution in [0.15, 0.2) is 48.5 Å². The van der Waals surface area contributed by atoms with Crippen LogP contribution in [0.25, 0.3) is 22.3 Å². The van der Waals surface area contributed by atoms with E-state index in [9.17, 15) is 0 Å². The van der Waals surface area contributed by atoms with E-state index in [1.807, 2.05) is 48.5 Å². The fourth-order valence-corrected chi connectivity index (χ4v) is 2.26. The number of aromatic nitrogens is 2. The van der Waals surface area contributed by atoms with Gasteiger partial charge in [-0.15, -0.1) is 0 Å². The second-order valence-electron chi connectivity index (χ2n) is 3.83. The second-order valence-corrected chi connectivity index (χ2v) is 4.60. The van der Waals surface area contributed by atoms with Gasteiger partial charge in [-0.25, -0.2) is 9.97 Å². The van der Waals surface area contributed by atoms with Gasteiger partial charge in [0.25, 0.3) is 0 Å². The summed E-state index contributed by atoms with van der Waals surface area (Å²) >= 11 is 12.3. The third kappa shape index (κ3) is 1.94. The molecule has 0 bridgehead atoms. The summed E-state index contributed by atoms with van der Waals surface area (Å²) in [5, 5.41) is 0.978. The number of para-hydroxylation sites is 2. The van der Waals surface area contributed by atoms with Gasteiger partial charge in [0, 0.05) is 5.56 Å². The molecule has 1 aromatic heterocycles. The normalized spacial score (nSPS) is 10.8. The van der Waals surface area contributed by atoms with Crippen LogP contribution < -0.4 is 0 Å². The minimum Gasteiger partial charge on any atom is -0.243 e. The highest BCUT2D eigenvalue weighted by Gasteiger charge is 2.11. The standard InChI is InChI=1S/C14H8Cl2N2/c15-10-6-2-1-5-9(10)13-14(16)18-12-8-4-3-7-11(12)17-13/h1-8H. The molecule has 3 rings (SSSR count). The van der Waals surface area contributed by atoms with Crippen molar-refractivity contribution in [3.05, 3.63) is 58.7 Å². The summed E-state index contributed by atoms with van der Waals surface area (Å²) in [6, 6.07) is 15.1. The minimum absolute atomic E-state index is 0.363. The van der Waals surface area contributed by atoms with Crippen molar-refractivity contribution in [2.75, 3.05) is 0 Å². The zero-order chi connectivity index (χ0) is 12.5. The summed E-state index contributed by atoms with van der Waals surface area (Å²) < 4.78 is 0. The topological polar surface area (TPSA) is 25.8 Å². The summed E-state index contributed by atoms with van der Waals surface area (Å²) in [6.07, 6.45) is 0. The van der Waals surface area contributed by atoms with Crippen LogP contribution in [0, 0.1) is 0 Å². The lowest BCUT2D eigenvalue weighted by Crippen LogP contribution is -1.91. The summed E-state index contributed by atoms with van der Waals surface area (Å²) in [5.74, 6) is 0. The Balaban J connectivity index is 2.30. The molecule has 0 radical (unpaired) electrons. The van der Waals surface area contributed by atoms with E-state index in [1.165, 1.54) is 0 Å². The van der Waals surface area contributed by atoms with E-state index in [0.29, 0.717) is 15.9 Å². The molecule has 2 aromatic carbocycles. The second kappa shape index (κ2) is 4.56. The molecule has 0 saturated carbocycles. The van der Waals surface area contributed by atoms with Crippen molar-refractivity contribution in [1.29, 1.82) is 0 Å². The van der Waals surface area contributed by atoms with E-state index < -0.39 is 0 Å². The van der Waals surface area contributed by atoms with Crippen LogP contribution in [0.5, 0.6) is 0 Å². The lowest BCUT2D eigenvalue weighted by atomic mass is 10.1. The molecule has 1 heterocycles. The first-order valence-corrected chi connectivity index (χ1v) is 6.18. The smallest absolute Gasteiger partial charge is 0.156 e. The van der Waals surface area contributed by atoms with Crippen molar-refractivity contribution in [2.24, 2.45) is 0 Å². The predicted molar refractivity (Wildman–Crippen MR) is 75.0 cm³/mol. The molecule has 0 amide bonds. The molecule has 0 unspecified atom stereocenters. The van der Waals surface area contributed by atoms with Gasteiger partial charge in [-0.2, -0.15) is 0 Å². The van der Waals surface area contributed by atoms with Gasteiger partial charge in [-0.1, -0.05) is 53.5 Å². The third-order valence-corrected chi connectivity index (χ3v) is 3.25. The zero-order valence-corrected chi connectivity index (χ0v) is 10.8. The van der Waals surface area contributed by atoms with Crippen molar-refractivity contribution in [3.63, 3.8) is 0 Å². The van der Waals surface area contributed by atoms with Gasteiger partial charge in [-0.05, 0) is 18.2 Å². The number of hydrogen-bond donors (Lipinski definition) is 0. The van der Waals surface area contributed by atoms with Gasteiger partial charge in [0.1, 0.15) is 5.69 Å². The SMILES string of the molecule is Clc1ccccc1-c1nc2ccccc2nc1Cl. The monoisotopic (exact) mass is 274 g/mol. The first kappa shape index (κ1) is 11.5. The molecular weight excluding hydrogens is 267 g/mol. The summed E-state index contributed by atoms with van der Waals surface area (Å²) in [7, 11) is 0. The Morgan fingerprint density at radius 1 is 0.722 bits per heavy atom. The highest BCUT2D eigenvalue weighted by Crippen LogP contribution is 2.31. The lowest BCUT2D eigenvalue weighted by molar-refractivity contribution is 1.29. The molecule has 0 atom stereocenters. The minimum atomic E-state index is 0.363. The third-order valence-electron chi connectivity index (χ3n) is 2.66. The average Bonchev–Trinajstić information content (AvgIpc) is 2.39. The van der Waals surface area contributed by atoms with Gasteiger partial charge >= 0.3 is 0 Å². The number of benzene rings is 2. The van der Waals surface area contributed by atoms with E-state index in [-0.39, 0.29) is 0 Å². The van der Waals surface area contributed by atoms with Crippen LogP contribution >= 0.6 is 23.2 Å². The van der Waals surface area contributed by atoms with Crippen molar-refractivity contribution in [2.45, 2.75) is 0 Å². The molecule has 4 heteroatoms. The molecule has 0 fully saturated rings. The van der Waals surface area contributed by atoms with Crippen LogP contribution in [-0.2, 0) is 0 Å². The van der Waals surface area contributed by atoms with E-state index in [0.717, 1.165) is 16.6 Å². The molecule has 0 spiro atoms.